The second kappa shape index (κ2) is 7.41. The fourth-order valence-electron chi connectivity index (χ4n) is 3.74. The van der Waals surface area contributed by atoms with Gasteiger partial charge in [-0.3, -0.25) is 9.89 Å². The number of halogens is 2. The van der Waals surface area contributed by atoms with E-state index in [0.29, 0.717) is 27.7 Å². The van der Waals surface area contributed by atoms with E-state index in [-0.39, 0.29) is 11.3 Å². The first-order valence-corrected chi connectivity index (χ1v) is 9.62. The molecule has 0 spiro atoms. The van der Waals surface area contributed by atoms with E-state index < -0.39 is 11.9 Å². The Hall–Kier alpha value is -2.63. The van der Waals surface area contributed by atoms with E-state index >= 15 is 0 Å². The molecule has 2 N–H and O–H groups in total. The van der Waals surface area contributed by atoms with E-state index in [9.17, 15) is 9.59 Å². The van der Waals surface area contributed by atoms with Crippen molar-refractivity contribution in [2.75, 3.05) is 0 Å². The summed E-state index contributed by atoms with van der Waals surface area (Å²) in [5, 5.41) is 17.2. The number of hydrogen-bond donors (Lipinski definition) is 2. The van der Waals surface area contributed by atoms with Crippen molar-refractivity contribution in [2.24, 2.45) is 0 Å². The third-order valence-corrected chi connectivity index (χ3v) is 5.71. The lowest BCUT2D eigenvalue weighted by molar-refractivity contribution is 0.0696. The molecule has 1 heterocycles. The van der Waals surface area contributed by atoms with Crippen molar-refractivity contribution in [1.82, 2.24) is 10.2 Å². The Morgan fingerprint density at radius 3 is 2.39 bits per heavy atom. The quantitative estimate of drug-likeness (QED) is 0.560. The molecule has 0 saturated carbocycles. The average molecular weight is 415 g/mol. The fourth-order valence-corrected chi connectivity index (χ4v) is 4.32. The van der Waals surface area contributed by atoms with Gasteiger partial charge < -0.3 is 5.11 Å². The highest BCUT2D eigenvalue weighted by Crippen LogP contribution is 2.41. The Bertz CT molecular complexity index is 1050. The van der Waals surface area contributed by atoms with Crippen molar-refractivity contribution in [2.45, 2.75) is 25.2 Å². The zero-order chi connectivity index (χ0) is 19.8. The van der Waals surface area contributed by atoms with Gasteiger partial charge >= 0.3 is 5.97 Å². The molecular weight excluding hydrogens is 399 g/mol. The first-order valence-electron chi connectivity index (χ1n) is 8.86. The predicted octanol–water partition coefficient (Wildman–Crippen LogP) is 5.38. The van der Waals surface area contributed by atoms with Crippen LogP contribution in [-0.4, -0.2) is 27.1 Å². The van der Waals surface area contributed by atoms with Crippen molar-refractivity contribution >= 4 is 35.0 Å². The van der Waals surface area contributed by atoms with Crippen molar-refractivity contribution in [3.8, 4) is 11.3 Å². The number of nitrogens with zero attached hydrogens (tertiary/aromatic N) is 1. The van der Waals surface area contributed by atoms with Crippen LogP contribution in [-0.2, 0) is 6.42 Å². The van der Waals surface area contributed by atoms with Crippen LogP contribution in [0, 0.1) is 0 Å². The van der Waals surface area contributed by atoms with Gasteiger partial charge in [0, 0.05) is 16.8 Å². The lowest BCUT2D eigenvalue weighted by Crippen LogP contribution is -2.19. The Morgan fingerprint density at radius 2 is 1.75 bits per heavy atom. The molecule has 0 fully saturated rings. The van der Waals surface area contributed by atoms with E-state index in [2.05, 4.69) is 10.2 Å². The minimum absolute atomic E-state index is 0.124. The van der Waals surface area contributed by atoms with E-state index in [4.69, 9.17) is 28.3 Å². The molecule has 1 aromatic heterocycles. The molecule has 28 heavy (non-hydrogen) atoms. The van der Waals surface area contributed by atoms with Crippen LogP contribution in [0.4, 0.5) is 0 Å². The summed E-state index contributed by atoms with van der Waals surface area (Å²) in [5.41, 5.74) is 3.71. The number of carbonyl (C=O) groups is 2. The first kappa shape index (κ1) is 18.7. The average Bonchev–Trinajstić information content (AvgIpc) is 3.12. The SMILES string of the molecule is O=C(O)c1ccc(-c2n[nH]c3c2C(C(=O)c2c(Cl)cccc2Cl)CCC3)cc1. The van der Waals surface area contributed by atoms with Crippen LogP contribution in [0.3, 0.4) is 0 Å². The van der Waals surface area contributed by atoms with Gasteiger partial charge in [-0.1, -0.05) is 41.4 Å². The lowest BCUT2D eigenvalue weighted by atomic mass is 9.79. The van der Waals surface area contributed by atoms with Gasteiger partial charge in [0.25, 0.3) is 0 Å². The molecule has 5 nitrogen and oxygen atoms in total. The van der Waals surface area contributed by atoms with E-state index in [0.717, 1.165) is 29.7 Å². The highest BCUT2D eigenvalue weighted by atomic mass is 35.5. The van der Waals surface area contributed by atoms with Gasteiger partial charge in [0.1, 0.15) is 0 Å². The molecular formula is C21H16Cl2N2O3. The van der Waals surface area contributed by atoms with Gasteiger partial charge in [0.05, 0.1) is 32.8 Å². The number of hydrogen-bond acceptors (Lipinski definition) is 3. The number of carboxylic acid groups (broad SMARTS) is 1. The normalized spacial score (nSPS) is 15.9. The Labute approximate surface area is 171 Å². The smallest absolute Gasteiger partial charge is 0.335 e. The topological polar surface area (TPSA) is 83.0 Å². The van der Waals surface area contributed by atoms with Crippen molar-refractivity contribution in [1.29, 1.82) is 0 Å². The maximum absolute atomic E-state index is 13.3. The van der Waals surface area contributed by atoms with Crippen molar-refractivity contribution in [3.63, 3.8) is 0 Å². The number of benzene rings is 2. The van der Waals surface area contributed by atoms with Crippen LogP contribution in [0.25, 0.3) is 11.3 Å². The van der Waals surface area contributed by atoms with Crippen molar-refractivity contribution in [3.05, 3.63) is 74.9 Å². The number of carboxylic acids is 1. The molecule has 1 atom stereocenters. The Kier molecular flexibility index (Phi) is 4.96. The number of aromatic nitrogens is 2. The van der Waals surface area contributed by atoms with Gasteiger partial charge in [-0.15, -0.1) is 0 Å². The number of H-pyrrole nitrogens is 1. The number of aromatic amines is 1. The number of aryl methyl sites for hydroxylation is 1. The van der Waals surface area contributed by atoms with E-state index in [1.54, 1.807) is 30.3 Å². The van der Waals surface area contributed by atoms with E-state index in [1.807, 2.05) is 0 Å². The summed E-state index contributed by atoms with van der Waals surface area (Å²) < 4.78 is 0. The highest BCUT2D eigenvalue weighted by molar-refractivity contribution is 6.40. The molecule has 3 aromatic rings. The minimum atomic E-state index is -0.989. The number of Topliss-reactive ketones (excluding diaryl/α,β-unsaturated/α-hetero) is 1. The zero-order valence-electron chi connectivity index (χ0n) is 14.7. The fraction of sp³-hybridized carbons (Fsp3) is 0.190. The summed E-state index contributed by atoms with van der Waals surface area (Å²) in [6.07, 6.45) is 2.33. The molecule has 1 unspecified atom stereocenters. The number of carbonyl (C=O) groups excluding carboxylic acids is 1. The third kappa shape index (κ3) is 3.21. The maximum Gasteiger partial charge on any atom is 0.335 e. The summed E-state index contributed by atoms with van der Waals surface area (Å²) >= 11 is 12.5. The molecule has 0 bridgehead atoms. The second-order valence-electron chi connectivity index (χ2n) is 6.75. The minimum Gasteiger partial charge on any atom is -0.478 e. The summed E-state index contributed by atoms with van der Waals surface area (Å²) in [7, 11) is 0. The molecule has 0 saturated heterocycles. The number of nitrogens with one attached hydrogen (secondary N) is 1. The van der Waals surface area contributed by atoms with Crippen LogP contribution in [0.2, 0.25) is 10.0 Å². The Morgan fingerprint density at radius 1 is 1.07 bits per heavy atom. The first-order chi connectivity index (χ1) is 13.5. The van der Waals surface area contributed by atoms with Crippen LogP contribution >= 0.6 is 23.2 Å². The number of fused-ring (bicyclic) bond motifs is 1. The number of aromatic carboxylic acids is 1. The van der Waals surface area contributed by atoms with Crippen LogP contribution in [0.15, 0.2) is 42.5 Å². The molecule has 142 valence electrons. The summed E-state index contributed by atoms with van der Waals surface area (Å²) in [6.45, 7) is 0. The largest absolute Gasteiger partial charge is 0.478 e. The van der Waals surface area contributed by atoms with Gasteiger partial charge in [-0.05, 0) is 43.5 Å². The van der Waals surface area contributed by atoms with Crippen LogP contribution < -0.4 is 0 Å². The molecule has 7 heteroatoms. The Balaban J connectivity index is 1.78. The van der Waals surface area contributed by atoms with Gasteiger partial charge in [-0.25, -0.2) is 4.79 Å². The van der Waals surface area contributed by atoms with Crippen LogP contribution in [0.1, 0.15) is 50.7 Å². The molecule has 1 aliphatic rings. The number of ketones is 1. The predicted molar refractivity (Wildman–Crippen MR) is 107 cm³/mol. The summed E-state index contributed by atoms with van der Waals surface area (Å²) in [4.78, 5) is 24.4. The lowest BCUT2D eigenvalue weighted by Gasteiger charge is -2.23. The molecule has 4 rings (SSSR count). The molecule has 0 aliphatic heterocycles. The summed E-state index contributed by atoms with van der Waals surface area (Å²) in [5.74, 6) is -1.52. The van der Waals surface area contributed by atoms with E-state index in [1.165, 1.54) is 12.1 Å². The summed E-state index contributed by atoms with van der Waals surface area (Å²) in [6, 6.07) is 11.5. The molecule has 1 aliphatic carbocycles. The highest BCUT2D eigenvalue weighted by Gasteiger charge is 2.34. The maximum atomic E-state index is 13.3. The molecule has 0 radical (unpaired) electrons. The van der Waals surface area contributed by atoms with Crippen LogP contribution in [0.5, 0.6) is 0 Å². The molecule has 2 aromatic carbocycles. The van der Waals surface area contributed by atoms with Gasteiger partial charge in [-0.2, -0.15) is 5.10 Å². The van der Waals surface area contributed by atoms with Gasteiger partial charge in [0.2, 0.25) is 0 Å². The standard InChI is InChI=1S/C21H16Cl2N2O3/c22-14-4-2-5-15(23)18(14)20(26)13-3-1-6-16-17(13)19(25-24-16)11-7-9-12(10-8-11)21(27)28/h2,4-5,7-10,13H,1,3,6H2,(H,24,25)(H,27,28). The van der Waals surface area contributed by atoms with Crippen molar-refractivity contribution < 1.29 is 14.7 Å². The number of rotatable bonds is 4. The van der Waals surface area contributed by atoms with Gasteiger partial charge in [0.15, 0.2) is 5.78 Å². The molecule has 0 amide bonds. The zero-order valence-corrected chi connectivity index (χ0v) is 16.2. The second-order valence-corrected chi connectivity index (χ2v) is 7.57. The monoisotopic (exact) mass is 414 g/mol. The third-order valence-electron chi connectivity index (χ3n) is 5.08.